The first-order valence-electron chi connectivity index (χ1n) is 11.8. The molecule has 1 aliphatic carbocycles. The summed E-state index contributed by atoms with van der Waals surface area (Å²) in [4.78, 5) is 16.6. The van der Waals surface area contributed by atoms with E-state index in [2.05, 4.69) is 15.1 Å². The molecule has 0 radical (unpaired) electrons. The molecule has 2 atom stereocenters. The molecule has 4 rings (SSSR count). The highest BCUT2D eigenvalue weighted by molar-refractivity contribution is 7.99. The second-order valence-electron chi connectivity index (χ2n) is 9.52. The van der Waals surface area contributed by atoms with Crippen molar-refractivity contribution in [3.8, 4) is 0 Å². The summed E-state index contributed by atoms with van der Waals surface area (Å²) in [6.07, 6.45) is 3.81. The topological polar surface area (TPSA) is 45.5 Å². The number of hydrogen-bond acceptors (Lipinski definition) is 5. The molecule has 0 amide bonds. The molecular formula is C24H34F3N3OS. The SMILES string of the molecule is CSCC(=O)C1NC1C1CCC(CCN2CCN(c3cccc(C(F)(F)F)c3)CC2)CC1. The third-order valence-corrected chi connectivity index (χ3v) is 7.99. The average Bonchev–Trinajstić information content (AvgIpc) is 3.59. The van der Waals surface area contributed by atoms with E-state index in [1.54, 1.807) is 17.8 Å². The van der Waals surface area contributed by atoms with E-state index in [9.17, 15) is 18.0 Å². The Hall–Kier alpha value is -1.25. The highest BCUT2D eigenvalue weighted by Gasteiger charge is 2.46. The standard InChI is InChI=1S/C24H34F3N3OS/c1-32-16-21(31)23-22(28-23)18-7-5-17(6-8-18)9-10-29-11-13-30(14-12-29)20-4-2-3-19(15-20)24(25,26)27/h2-4,15,17-18,22-23,28H,5-14,16H2,1H3. The van der Waals surface area contributed by atoms with Crippen molar-refractivity contribution in [2.45, 2.75) is 50.4 Å². The van der Waals surface area contributed by atoms with Crippen LogP contribution in [0.1, 0.15) is 37.7 Å². The normalized spacial score (nSPS) is 29.2. The predicted molar refractivity (Wildman–Crippen MR) is 124 cm³/mol. The molecule has 2 aliphatic heterocycles. The maximum absolute atomic E-state index is 13.0. The van der Waals surface area contributed by atoms with E-state index < -0.39 is 11.7 Å². The number of nitrogens with zero attached hydrogens (tertiary/aromatic N) is 2. The molecule has 1 N–H and O–H groups in total. The molecule has 0 spiro atoms. The molecule has 8 heteroatoms. The van der Waals surface area contributed by atoms with E-state index in [0.29, 0.717) is 29.2 Å². The highest BCUT2D eigenvalue weighted by atomic mass is 32.2. The summed E-state index contributed by atoms with van der Waals surface area (Å²) in [5.74, 6) is 2.38. The number of carbonyl (C=O) groups excluding carboxylic acids is 1. The molecule has 2 heterocycles. The Labute approximate surface area is 193 Å². The third kappa shape index (κ3) is 6.00. The van der Waals surface area contributed by atoms with Gasteiger partial charge >= 0.3 is 6.18 Å². The molecule has 1 saturated carbocycles. The number of piperazine rings is 1. The molecule has 2 saturated heterocycles. The number of rotatable bonds is 8. The van der Waals surface area contributed by atoms with Crippen LogP contribution in [-0.4, -0.2) is 67.5 Å². The van der Waals surface area contributed by atoms with E-state index in [4.69, 9.17) is 0 Å². The summed E-state index contributed by atoms with van der Waals surface area (Å²) in [5.41, 5.74) is 0.0927. The van der Waals surface area contributed by atoms with Gasteiger partial charge in [-0.1, -0.05) is 18.9 Å². The zero-order chi connectivity index (χ0) is 22.7. The summed E-state index contributed by atoms with van der Waals surface area (Å²) in [7, 11) is 0. The van der Waals surface area contributed by atoms with E-state index in [1.807, 2.05) is 6.26 Å². The molecule has 32 heavy (non-hydrogen) atoms. The van der Waals surface area contributed by atoms with Gasteiger partial charge in [-0.2, -0.15) is 24.9 Å². The molecule has 2 unspecified atom stereocenters. The van der Waals surface area contributed by atoms with Crippen molar-refractivity contribution in [1.82, 2.24) is 10.2 Å². The fourth-order valence-corrected chi connectivity index (χ4v) is 5.86. The minimum Gasteiger partial charge on any atom is -0.369 e. The van der Waals surface area contributed by atoms with Gasteiger partial charge in [0.2, 0.25) is 0 Å². The maximum atomic E-state index is 13.0. The number of halogens is 3. The predicted octanol–water partition coefficient (Wildman–Crippen LogP) is 4.30. The summed E-state index contributed by atoms with van der Waals surface area (Å²) >= 11 is 1.61. The van der Waals surface area contributed by atoms with Gasteiger partial charge < -0.3 is 10.2 Å². The first-order valence-corrected chi connectivity index (χ1v) is 13.2. The Kier molecular flexibility index (Phi) is 7.73. The van der Waals surface area contributed by atoms with Crippen molar-refractivity contribution < 1.29 is 18.0 Å². The van der Waals surface area contributed by atoms with Crippen molar-refractivity contribution in [3.05, 3.63) is 29.8 Å². The van der Waals surface area contributed by atoms with Crippen LogP contribution in [0.25, 0.3) is 0 Å². The van der Waals surface area contributed by atoms with Crippen LogP contribution in [-0.2, 0) is 11.0 Å². The first kappa shape index (κ1) is 23.9. The maximum Gasteiger partial charge on any atom is 0.416 e. The molecule has 178 valence electrons. The molecular weight excluding hydrogens is 435 g/mol. The molecule has 3 fully saturated rings. The van der Waals surface area contributed by atoms with Gasteiger partial charge in [0.05, 0.1) is 17.4 Å². The van der Waals surface area contributed by atoms with Gasteiger partial charge in [0.15, 0.2) is 5.78 Å². The van der Waals surface area contributed by atoms with Crippen LogP contribution >= 0.6 is 11.8 Å². The number of Topliss-reactive ketones (excluding diaryl/α,β-unsaturated/α-hetero) is 1. The van der Waals surface area contributed by atoms with E-state index >= 15 is 0 Å². The van der Waals surface area contributed by atoms with Gasteiger partial charge in [-0.15, -0.1) is 0 Å². The number of carbonyl (C=O) groups is 1. The molecule has 1 aromatic carbocycles. The molecule has 4 nitrogen and oxygen atoms in total. The number of benzene rings is 1. The van der Waals surface area contributed by atoms with Gasteiger partial charge in [0, 0.05) is 37.9 Å². The number of nitrogens with one attached hydrogen (secondary N) is 1. The second-order valence-corrected chi connectivity index (χ2v) is 10.4. The van der Waals surface area contributed by atoms with Gasteiger partial charge in [0.1, 0.15) is 0 Å². The lowest BCUT2D eigenvalue weighted by atomic mass is 9.78. The highest BCUT2D eigenvalue weighted by Crippen LogP contribution is 2.38. The van der Waals surface area contributed by atoms with Gasteiger partial charge in [-0.05, 0) is 62.1 Å². The molecule has 3 aliphatic rings. The minimum atomic E-state index is -4.29. The quantitative estimate of drug-likeness (QED) is 0.576. The zero-order valence-electron chi connectivity index (χ0n) is 18.7. The third-order valence-electron chi connectivity index (χ3n) is 7.42. The van der Waals surface area contributed by atoms with Crippen molar-refractivity contribution in [1.29, 1.82) is 0 Å². The molecule has 0 bridgehead atoms. The summed E-state index contributed by atoms with van der Waals surface area (Å²) in [5, 5.41) is 3.41. The first-order chi connectivity index (χ1) is 15.3. The summed E-state index contributed by atoms with van der Waals surface area (Å²) < 4.78 is 39.0. The largest absolute Gasteiger partial charge is 0.416 e. The number of alkyl halides is 3. The van der Waals surface area contributed by atoms with Crippen LogP contribution in [0.5, 0.6) is 0 Å². The monoisotopic (exact) mass is 469 g/mol. The Morgan fingerprint density at radius 3 is 2.50 bits per heavy atom. The number of hydrogen-bond donors (Lipinski definition) is 1. The fourth-order valence-electron chi connectivity index (χ4n) is 5.40. The van der Waals surface area contributed by atoms with Crippen molar-refractivity contribution in [2.24, 2.45) is 11.8 Å². The van der Waals surface area contributed by atoms with Crippen LogP contribution in [0.3, 0.4) is 0 Å². The Bertz CT molecular complexity index is 774. The van der Waals surface area contributed by atoms with Crippen LogP contribution in [0.2, 0.25) is 0 Å². The molecule has 1 aromatic rings. The van der Waals surface area contributed by atoms with Crippen molar-refractivity contribution in [2.75, 3.05) is 49.6 Å². The fraction of sp³-hybridized carbons (Fsp3) is 0.708. The zero-order valence-corrected chi connectivity index (χ0v) is 19.6. The van der Waals surface area contributed by atoms with Crippen molar-refractivity contribution in [3.63, 3.8) is 0 Å². The van der Waals surface area contributed by atoms with Crippen LogP contribution in [0.15, 0.2) is 24.3 Å². The number of thioether (sulfide) groups is 1. The van der Waals surface area contributed by atoms with E-state index in [0.717, 1.165) is 44.7 Å². The van der Waals surface area contributed by atoms with Gasteiger partial charge in [-0.3, -0.25) is 9.69 Å². The lowest BCUT2D eigenvalue weighted by molar-refractivity contribution is -0.137. The summed E-state index contributed by atoms with van der Waals surface area (Å²) in [6.45, 7) is 4.41. The Morgan fingerprint density at radius 2 is 1.84 bits per heavy atom. The number of anilines is 1. The van der Waals surface area contributed by atoms with Crippen LogP contribution < -0.4 is 10.2 Å². The van der Waals surface area contributed by atoms with Crippen LogP contribution in [0.4, 0.5) is 18.9 Å². The Balaban J connectivity index is 1.15. The average molecular weight is 470 g/mol. The lowest BCUT2D eigenvalue weighted by Gasteiger charge is -2.37. The van der Waals surface area contributed by atoms with Gasteiger partial charge in [0.25, 0.3) is 0 Å². The Morgan fingerprint density at radius 1 is 1.12 bits per heavy atom. The smallest absolute Gasteiger partial charge is 0.369 e. The molecule has 0 aromatic heterocycles. The van der Waals surface area contributed by atoms with Crippen LogP contribution in [0, 0.1) is 11.8 Å². The van der Waals surface area contributed by atoms with Crippen molar-refractivity contribution >= 4 is 23.2 Å². The second kappa shape index (κ2) is 10.3. The lowest BCUT2D eigenvalue weighted by Crippen LogP contribution is -2.47. The van der Waals surface area contributed by atoms with Gasteiger partial charge in [-0.25, -0.2) is 0 Å². The minimum absolute atomic E-state index is 0.108. The number of ketones is 1. The van der Waals surface area contributed by atoms with E-state index in [1.165, 1.54) is 44.2 Å². The summed E-state index contributed by atoms with van der Waals surface area (Å²) in [6, 6.07) is 6.20. The van der Waals surface area contributed by atoms with E-state index in [-0.39, 0.29) is 6.04 Å².